The first-order valence-electron chi connectivity index (χ1n) is 5.48. The Kier molecular flexibility index (Phi) is 5.08. The number of hydrogen-bond donors (Lipinski definition) is 4. The Morgan fingerprint density at radius 3 is 2.61 bits per heavy atom. The third kappa shape index (κ3) is 3.19. The highest BCUT2D eigenvalue weighted by atomic mass is 16.5. The molecule has 0 aromatic heterocycles. The van der Waals surface area contributed by atoms with Crippen molar-refractivity contribution in [1.82, 2.24) is 0 Å². The van der Waals surface area contributed by atoms with Crippen molar-refractivity contribution in [3.63, 3.8) is 0 Å². The van der Waals surface area contributed by atoms with E-state index in [1.54, 1.807) is 0 Å². The Morgan fingerprint density at radius 1 is 1.44 bits per heavy atom. The number of carbonyl (C=O) groups is 1. The average Bonchev–Trinajstić information content (AvgIpc) is 2.37. The van der Waals surface area contributed by atoms with E-state index in [2.05, 4.69) is 4.74 Å². The first-order chi connectivity index (χ1) is 8.51. The third-order valence-electron chi connectivity index (χ3n) is 2.60. The molecular weight excluding hydrogens is 238 g/mol. The largest absolute Gasteiger partial charge is 0.507 e. The lowest BCUT2D eigenvalue weighted by Crippen LogP contribution is -2.21. The molecule has 1 rings (SSSR count). The summed E-state index contributed by atoms with van der Waals surface area (Å²) in [5.74, 6) is -0.977. The SMILES string of the molecule is COC(=O)c1ccc(C(O)C(O)CCN)cc1O. The summed E-state index contributed by atoms with van der Waals surface area (Å²) < 4.78 is 4.48. The maximum atomic E-state index is 11.2. The third-order valence-corrected chi connectivity index (χ3v) is 2.60. The molecule has 0 aliphatic carbocycles. The molecule has 6 heteroatoms. The molecule has 2 atom stereocenters. The molecule has 0 spiro atoms. The van der Waals surface area contributed by atoms with Gasteiger partial charge in [-0.1, -0.05) is 6.07 Å². The van der Waals surface area contributed by atoms with Crippen LogP contribution in [0.25, 0.3) is 0 Å². The van der Waals surface area contributed by atoms with E-state index < -0.39 is 18.2 Å². The summed E-state index contributed by atoms with van der Waals surface area (Å²) in [5, 5.41) is 29.0. The van der Waals surface area contributed by atoms with E-state index in [4.69, 9.17) is 5.73 Å². The van der Waals surface area contributed by atoms with E-state index in [1.165, 1.54) is 25.3 Å². The Morgan fingerprint density at radius 2 is 2.11 bits per heavy atom. The van der Waals surface area contributed by atoms with Gasteiger partial charge in [0.15, 0.2) is 0 Å². The van der Waals surface area contributed by atoms with Crippen LogP contribution in [0, 0.1) is 0 Å². The fourth-order valence-electron chi connectivity index (χ4n) is 1.57. The number of benzene rings is 1. The predicted octanol–water partition coefficient (Wildman–Crippen LogP) is -0.0781. The zero-order valence-corrected chi connectivity index (χ0v) is 10.0. The summed E-state index contributed by atoms with van der Waals surface area (Å²) in [6.45, 7) is 0.241. The molecule has 0 bridgehead atoms. The van der Waals surface area contributed by atoms with Crippen LogP contribution in [0.5, 0.6) is 5.75 Å². The molecule has 5 N–H and O–H groups in total. The highest BCUT2D eigenvalue weighted by Crippen LogP contribution is 2.25. The van der Waals surface area contributed by atoms with Gasteiger partial charge in [0.05, 0.1) is 13.2 Å². The van der Waals surface area contributed by atoms with Crippen LogP contribution in [0.4, 0.5) is 0 Å². The van der Waals surface area contributed by atoms with Crippen molar-refractivity contribution in [3.05, 3.63) is 29.3 Å². The van der Waals surface area contributed by atoms with E-state index in [0.29, 0.717) is 5.56 Å². The van der Waals surface area contributed by atoms with E-state index in [9.17, 15) is 20.1 Å². The van der Waals surface area contributed by atoms with Crippen molar-refractivity contribution in [3.8, 4) is 5.75 Å². The number of aliphatic hydroxyl groups is 2. The van der Waals surface area contributed by atoms with Crippen LogP contribution in [0.3, 0.4) is 0 Å². The minimum Gasteiger partial charge on any atom is -0.507 e. The van der Waals surface area contributed by atoms with E-state index >= 15 is 0 Å². The van der Waals surface area contributed by atoms with E-state index in [-0.39, 0.29) is 24.3 Å². The molecule has 0 aliphatic heterocycles. The molecule has 18 heavy (non-hydrogen) atoms. The molecule has 1 aromatic carbocycles. The number of methoxy groups -OCH3 is 1. The number of ether oxygens (including phenoxy) is 1. The zero-order valence-electron chi connectivity index (χ0n) is 10.0. The number of nitrogens with two attached hydrogens (primary N) is 1. The highest BCUT2D eigenvalue weighted by molar-refractivity contribution is 5.92. The summed E-state index contributed by atoms with van der Waals surface area (Å²) in [5.41, 5.74) is 5.58. The molecular formula is C12H17NO5. The molecule has 0 aliphatic rings. The van der Waals surface area contributed by atoms with Crippen LogP contribution < -0.4 is 5.73 Å². The molecule has 6 nitrogen and oxygen atoms in total. The maximum Gasteiger partial charge on any atom is 0.341 e. The van der Waals surface area contributed by atoms with E-state index in [0.717, 1.165) is 0 Å². The zero-order chi connectivity index (χ0) is 13.7. The summed E-state index contributed by atoms with van der Waals surface area (Å²) in [6.07, 6.45) is -1.94. The van der Waals surface area contributed by atoms with Gasteiger partial charge in [-0.3, -0.25) is 0 Å². The number of aromatic hydroxyl groups is 1. The van der Waals surface area contributed by atoms with Crippen LogP contribution in [0.15, 0.2) is 18.2 Å². The minimum absolute atomic E-state index is 0.00163. The standard InChI is InChI=1S/C12H17NO5/c1-18-12(17)8-3-2-7(6-10(8)15)11(16)9(14)4-5-13/h2-3,6,9,11,14-16H,4-5,13H2,1H3. The topological polar surface area (TPSA) is 113 Å². The number of esters is 1. The molecule has 0 amide bonds. The number of aliphatic hydroxyl groups excluding tert-OH is 2. The Hall–Kier alpha value is -1.63. The van der Waals surface area contributed by atoms with Crippen LogP contribution in [-0.4, -0.2) is 41.0 Å². The van der Waals surface area contributed by atoms with Gasteiger partial charge in [-0.05, 0) is 30.7 Å². The molecule has 2 unspecified atom stereocenters. The molecule has 0 radical (unpaired) electrons. The Bertz CT molecular complexity index is 421. The number of phenols is 1. The lowest BCUT2D eigenvalue weighted by Gasteiger charge is -2.18. The van der Waals surface area contributed by atoms with Gasteiger partial charge in [0, 0.05) is 0 Å². The van der Waals surface area contributed by atoms with Crippen LogP contribution in [0.2, 0.25) is 0 Å². The first kappa shape index (κ1) is 14.4. The fraction of sp³-hybridized carbons (Fsp3) is 0.417. The van der Waals surface area contributed by atoms with Crippen molar-refractivity contribution >= 4 is 5.97 Å². The maximum absolute atomic E-state index is 11.2. The number of rotatable bonds is 5. The normalized spacial score (nSPS) is 14.0. The second-order valence-electron chi connectivity index (χ2n) is 3.86. The predicted molar refractivity (Wildman–Crippen MR) is 64.1 cm³/mol. The van der Waals surface area contributed by atoms with Crippen molar-refractivity contribution in [2.45, 2.75) is 18.6 Å². The summed E-state index contributed by atoms with van der Waals surface area (Å²) in [7, 11) is 1.20. The number of carbonyl (C=O) groups excluding carboxylic acids is 1. The van der Waals surface area contributed by atoms with Crippen molar-refractivity contribution in [2.24, 2.45) is 5.73 Å². The Balaban J connectivity index is 2.93. The van der Waals surface area contributed by atoms with Crippen molar-refractivity contribution in [1.29, 1.82) is 0 Å². The number of hydrogen-bond acceptors (Lipinski definition) is 6. The van der Waals surface area contributed by atoms with Crippen LogP contribution in [0.1, 0.15) is 28.4 Å². The monoisotopic (exact) mass is 255 g/mol. The minimum atomic E-state index is -1.16. The smallest absolute Gasteiger partial charge is 0.341 e. The Labute approximate surface area is 105 Å². The van der Waals surface area contributed by atoms with Gasteiger partial charge < -0.3 is 25.8 Å². The summed E-state index contributed by atoms with van der Waals surface area (Å²) in [4.78, 5) is 11.2. The van der Waals surface area contributed by atoms with Gasteiger partial charge in [0.2, 0.25) is 0 Å². The lowest BCUT2D eigenvalue weighted by molar-refractivity contribution is 0.0149. The summed E-state index contributed by atoms with van der Waals surface area (Å²) >= 11 is 0. The van der Waals surface area contributed by atoms with Gasteiger partial charge in [0.25, 0.3) is 0 Å². The lowest BCUT2D eigenvalue weighted by atomic mass is 10.00. The van der Waals surface area contributed by atoms with Gasteiger partial charge in [-0.2, -0.15) is 0 Å². The second-order valence-corrected chi connectivity index (χ2v) is 3.86. The van der Waals surface area contributed by atoms with Gasteiger partial charge >= 0.3 is 5.97 Å². The second kappa shape index (κ2) is 6.34. The molecule has 0 heterocycles. The molecule has 0 fully saturated rings. The molecule has 0 saturated carbocycles. The van der Waals surface area contributed by atoms with Crippen LogP contribution in [-0.2, 0) is 4.74 Å². The van der Waals surface area contributed by atoms with E-state index in [1.807, 2.05) is 0 Å². The molecule has 1 aromatic rings. The van der Waals surface area contributed by atoms with Crippen LogP contribution >= 0.6 is 0 Å². The quantitative estimate of drug-likeness (QED) is 0.547. The van der Waals surface area contributed by atoms with Gasteiger partial charge in [0.1, 0.15) is 17.4 Å². The van der Waals surface area contributed by atoms with Crippen molar-refractivity contribution in [2.75, 3.05) is 13.7 Å². The fourth-order valence-corrected chi connectivity index (χ4v) is 1.57. The van der Waals surface area contributed by atoms with Crippen molar-refractivity contribution < 1.29 is 24.9 Å². The first-order valence-corrected chi connectivity index (χ1v) is 5.48. The van der Waals surface area contributed by atoms with Gasteiger partial charge in [-0.15, -0.1) is 0 Å². The molecule has 100 valence electrons. The van der Waals surface area contributed by atoms with Gasteiger partial charge in [-0.25, -0.2) is 4.79 Å². The number of phenolic OH excluding ortho intramolecular Hbond substituents is 1. The molecule has 0 saturated heterocycles. The highest BCUT2D eigenvalue weighted by Gasteiger charge is 2.20. The average molecular weight is 255 g/mol. The summed E-state index contributed by atoms with van der Waals surface area (Å²) in [6, 6.07) is 3.99.